The van der Waals surface area contributed by atoms with Crippen molar-refractivity contribution < 1.29 is 70.2 Å². The monoisotopic (exact) mass is 274 g/mol. The summed E-state index contributed by atoms with van der Waals surface area (Å²) in [6.45, 7) is 0. The Hall–Kier alpha value is 1.17. The van der Waals surface area contributed by atoms with Crippen LogP contribution in [0.3, 0.4) is 0 Å². The molecule has 0 unspecified atom stereocenters. The van der Waals surface area contributed by atoms with Gasteiger partial charge in [-0.3, -0.25) is 9.11 Å². The molecule has 6 nitrogen and oxygen atoms in total. The van der Waals surface area contributed by atoms with E-state index in [1.807, 2.05) is 0 Å². The Kier molecular flexibility index (Phi) is 23.4. The molecule has 0 heterocycles. The second-order valence-corrected chi connectivity index (χ2v) is 1.34. The molecule has 0 aromatic rings. The zero-order valence-electron chi connectivity index (χ0n) is 3.62. The molecule has 0 aliphatic rings. The van der Waals surface area contributed by atoms with Gasteiger partial charge >= 0.3 is 10.4 Å². The average Bonchev–Trinajstić information content (AvgIpc) is 0.722. The van der Waals surface area contributed by atoms with Crippen LogP contribution in [0.1, 0.15) is 0 Å². The van der Waals surface area contributed by atoms with E-state index in [0.717, 1.165) is 0 Å². The quantitative estimate of drug-likeness (QED) is 0.479. The van der Waals surface area contributed by atoms with Gasteiger partial charge in [0.25, 0.3) is 0 Å². The van der Waals surface area contributed by atoms with Crippen LogP contribution in [0.4, 0.5) is 0 Å². The molecule has 0 aliphatic carbocycles. The largest absolute Gasteiger partial charge is 0.412 e. The average molecular weight is 274 g/mol. The van der Waals surface area contributed by atoms with Gasteiger partial charge < -0.3 is 11.0 Å². The van der Waals surface area contributed by atoms with E-state index < -0.39 is 10.4 Å². The maximum absolute atomic E-state index is 8.74. The predicted molar refractivity (Wildman–Crippen MR) is 21.4 cm³/mol. The van der Waals surface area contributed by atoms with Crippen molar-refractivity contribution in [2.75, 3.05) is 0 Å². The molecule has 0 radical (unpaired) electrons. The van der Waals surface area contributed by atoms with Gasteiger partial charge in [-0.25, -0.2) is 0 Å². The number of hydrogen-bond donors (Lipinski definition) is 2. The van der Waals surface area contributed by atoms with Gasteiger partial charge in [-0.05, 0) is 0 Å². The normalized spacial score (nSPS) is 7.25. The van der Waals surface area contributed by atoms with Gasteiger partial charge in [0, 0.05) is 41.7 Å². The van der Waals surface area contributed by atoms with Crippen LogP contribution in [0.5, 0.6) is 0 Å². The molecule has 8 heavy (non-hydrogen) atoms. The molecule has 0 aromatic carbocycles. The standard InChI is InChI=1S/Ce.H2O4S.2H2O/c;1-5(2,3)4;;/h;(H2,1,2,3,4);2*1H2. The van der Waals surface area contributed by atoms with E-state index in [2.05, 4.69) is 0 Å². The number of rotatable bonds is 0. The van der Waals surface area contributed by atoms with Crippen LogP contribution in [-0.4, -0.2) is 28.5 Å². The van der Waals surface area contributed by atoms with Crippen molar-refractivity contribution in [3.05, 3.63) is 0 Å². The van der Waals surface area contributed by atoms with Crippen molar-refractivity contribution in [1.29, 1.82) is 0 Å². The fraction of sp³-hybridized carbons (Fsp3) is 0. The summed E-state index contributed by atoms with van der Waals surface area (Å²) in [7, 11) is -4.67. The Bertz CT molecular complexity index is 91.7. The molecule has 0 saturated heterocycles. The zero-order chi connectivity index (χ0) is 4.50. The molecule has 6 N–H and O–H groups in total. The Morgan fingerprint density at radius 3 is 1.00 bits per heavy atom. The third kappa shape index (κ3) is 200. The topological polar surface area (TPSA) is 138 Å². The molecular weight excluding hydrogens is 268 g/mol. The molecular formula is H6CeO6S. The Labute approximate surface area is 79.9 Å². The van der Waals surface area contributed by atoms with E-state index in [1.165, 1.54) is 0 Å². The van der Waals surface area contributed by atoms with Gasteiger partial charge in [0.05, 0.1) is 0 Å². The van der Waals surface area contributed by atoms with Gasteiger partial charge in [-0.2, -0.15) is 8.42 Å². The van der Waals surface area contributed by atoms with Crippen molar-refractivity contribution in [3.8, 4) is 0 Å². The minimum atomic E-state index is -4.67. The molecule has 52 valence electrons. The van der Waals surface area contributed by atoms with Crippen molar-refractivity contribution in [2.45, 2.75) is 0 Å². The molecule has 0 aliphatic heterocycles. The second-order valence-electron chi connectivity index (χ2n) is 0.448. The molecule has 0 atom stereocenters. The molecule has 0 bridgehead atoms. The van der Waals surface area contributed by atoms with Gasteiger partial charge in [-0.15, -0.1) is 0 Å². The van der Waals surface area contributed by atoms with E-state index in [1.54, 1.807) is 0 Å². The molecule has 0 fully saturated rings. The first-order valence-corrected chi connectivity index (χ1v) is 2.10. The Morgan fingerprint density at radius 2 is 1.00 bits per heavy atom. The summed E-state index contributed by atoms with van der Waals surface area (Å²) in [6, 6.07) is 0. The summed E-state index contributed by atoms with van der Waals surface area (Å²) in [5.74, 6) is 0. The SMILES string of the molecule is O.O.O=S(=O)(O)O.[Ce]. The predicted octanol–water partition coefficient (Wildman–Crippen LogP) is -2.30. The third-order valence-corrected chi connectivity index (χ3v) is 0. The molecule has 0 amide bonds. The summed E-state index contributed by atoms with van der Waals surface area (Å²) in [5.41, 5.74) is 0. The van der Waals surface area contributed by atoms with Crippen LogP contribution >= 0.6 is 0 Å². The van der Waals surface area contributed by atoms with E-state index in [9.17, 15) is 0 Å². The molecule has 0 aromatic heterocycles. The van der Waals surface area contributed by atoms with Crippen LogP contribution < -0.4 is 0 Å². The summed E-state index contributed by atoms with van der Waals surface area (Å²) in [5, 5.41) is 0. The van der Waals surface area contributed by atoms with Crippen LogP contribution in [0, 0.1) is 41.7 Å². The minimum Gasteiger partial charge on any atom is -0.412 e. The number of hydrogen-bond acceptors (Lipinski definition) is 2. The van der Waals surface area contributed by atoms with Crippen molar-refractivity contribution >= 4 is 10.4 Å². The third-order valence-electron chi connectivity index (χ3n) is 0. The van der Waals surface area contributed by atoms with Crippen LogP contribution in [0.15, 0.2) is 0 Å². The van der Waals surface area contributed by atoms with Gasteiger partial charge in [0.15, 0.2) is 0 Å². The molecule has 0 spiro atoms. The first kappa shape index (κ1) is 22.9. The van der Waals surface area contributed by atoms with Gasteiger partial charge in [0.1, 0.15) is 0 Å². The summed E-state index contributed by atoms with van der Waals surface area (Å²) in [4.78, 5) is 0. The minimum absolute atomic E-state index is 0. The fourth-order valence-electron chi connectivity index (χ4n) is 0. The Balaban J connectivity index is -0.0000000267. The van der Waals surface area contributed by atoms with E-state index in [0.29, 0.717) is 0 Å². The van der Waals surface area contributed by atoms with Crippen LogP contribution in [-0.2, 0) is 10.4 Å². The zero-order valence-corrected chi connectivity index (χ0v) is 7.58. The van der Waals surface area contributed by atoms with Gasteiger partial charge in [-0.1, -0.05) is 0 Å². The van der Waals surface area contributed by atoms with Crippen molar-refractivity contribution in [3.63, 3.8) is 0 Å². The van der Waals surface area contributed by atoms with E-state index in [4.69, 9.17) is 17.5 Å². The maximum Gasteiger partial charge on any atom is 0.394 e. The summed E-state index contributed by atoms with van der Waals surface area (Å²) >= 11 is 0. The summed E-state index contributed by atoms with van der Waals surface area (Å²) < 4.78 is 31.6. The first-order chi connectivity index (χ1) is 2.00. The first-order valence-electron chi connectivity index (χ1n) is 0.698. The molecule has 0 saturated carbocycles. The molecule has 0 rings (SSSR count). The molecule has 8 heteroatoms. The maximum atomic E-state index is 8.74. The second kappa shape index (κ2) is 8.17. The van der Waals surface area contributed by atoms with E-state index in [-0.39, 0.29) is 52.7 Å². The van der Waals surface area contributed by atoms with Crippen LogP contribution in [0.2, 0.25) is 0 Å². The Morgan fingerprint density at radius 1 is 1.00 bits per heavy atom. The smallest absolute Gasteiger partial charge is 0.394 e. The van der Waals surface area contributed by atoms with Gasteiger partial charge in [0.2, 0.25) is 0 Å². The van der Waals surface area contributed by atoms with Crippen molar-refractivity contribution in [1.82, 2.24) is 0 Å². The van der Waals surface area contributed by atoms with E-state index >= 15 is 0 Å². The fourth-order valence-corrected chi connectivity index (χ4v) is 0. The summed E-state index contributed by atoms with van der Waals surface area (Å²) in [6.07, 6.45) is 0. The van der Waals surface area contributed by atoms with Crippen LogP contribution in [0.25, 0.3) is 0 Å². The van der Waals surface area contributed by atoms with Crippen molar-refractivity contribution in [2.24, 2.45) is 0 Å².